The van der Waals surface area contributed by atoms with Gasteiger partial charge in [0.25, 0.3) is 0 Å². The number of aryl methyl sites for hydroxylation is 1. The summed E-state index contributed by atoms with van der Waals surface area (Å²) in [6.45, 7) is 8.20. The quantitative estimate of drug-likeness (QED) is 0.307. The number of carbonyl (C=O) groups is 1. The van der Waals surface area contributed by atoms with Crippen LogP contribution >= 0.6 is 0 Å². The standard InChI is InChI=1S/C30H35N3O3/c1-21(2)25-14-9-22(3)19-28(25)36-18-17-33-27-8-6-5-7-26(27)32-29(33)15-16-31-30(34)20-23-10-12-24(35-4)13-11-23/h5-14,19,21H,15-18,20H2,1-4H3,(H,31,34). The maximum Gasteiger partial charge on any atom is 0.224 e. The van der Waals surface area contributed by atoms with Crippen molar-refractivity contribution in [2.75, 3.05) is 20.3 Å². The molecule has 0 bridgehead atoms. The van der Waals surface area contributed by atoms with Gasteiger partial charge in [-0.1, -0.05) is 50.2 Å². The predicted molar refractivity (Wildman–Crippen MR) is 144 cm³/mol. The Morgan fingerprint density at radius 2 is 1.83 bits per heavy atom. The van der Waals surface area contributed by atoms with Gasteiger partial charge in [0.2, 0.25) is 5.91 Å². The van der Waals surface area contributed by atoms with E-state index in [9.17, 15) is 4.79 Å². The van der Waals surface area contributed by atoms with Crippen LogP contribution in [-0.4, -0.2) is 35.7 Å². The maximum absolute atomic E-state index is 12.5. The largest absolute Gasteiger partial charge is 0.497 e. The van der Waals surface area contributed by atoms with E-state index in [1.54, 1.807) is 7.11 Å². The van der Waals surface area contributed by atoms with Gasteiger partial charge >= 0.3 is 0 Å². The molecule has 6 heteroatoms. The zero-order valence-electron chi connectivity index (χ0n) is 21.6. The van der Waals surface area contributed by atoms with Crippen molar-refractivity contribution < 1.29 is 14.3 Å². The lowest BCUT2D eigenvalue weighted by Gasteiger charge is -2.16. The maximum atomic E-state index is 12.5. The summed E-state index contributed by atoms with van der Waals surface area (Å²) in [5.74, 6) is 3.06. The molecule has 1 heterocycles. The molecule has 0 fully saturated rings. The Bertz CT molecular complexity index is 1310. The van der Waals surface area contributed by atoms with Gasteiger partial charge in [0, 0.05) is 13.0 Å². The molecule has 1 aromatic heterocycles. The summed E-state index contributed by atoms with van der Waals surface area (Å²) >= 11 is 0. The molecule has 188 valence electrons. The van der Waals surface area contributed by atoms with Crippen molar-refractivity contribution in [1.29, 1.82) is 0 Å². The molecule has 0 unspecified atom stereocenters. The number of fused-ring (bicyclic) bond motifs is 1. The molecule has 0 saturated carbocycles. The number of nitrogens with one attached hydrogen (secondary N) is 1. The van der Waals surface area contributed by atoms with Crippen LogP contribution in [0.5, 0.6) is 11.5 Å². The topological polar surface area (TPSA) is 65.4 Å². The van der Waals surface area contributed by atoms with Crippen LogP contribution in [0.3, 0.4) is 0 Å². The molecule has 0 spiro atoms. The van der Waals surface area contributed by atoms with Crippen molar-refractivity contribution in [2.45, 2.75) is 46.1 Å². The summed E-state index contributed by atoms with van der Waals surface area (Å²) in [6, 6.07) is 22.1. The Kier molecular flexibility index (Phi) is 8.26. The number of amides is 1. The highest BCUT2D eigenvalue weighted by Gasteiger charge is 2.13. The molecule has 1 N–H and O–H groups in total. The average Bonchev–Trinajstić information content (AvgIpc) is 3.21. The molecule has 0 atom stereocenters. The van der Waals surface area contributed by atoms with Gasteiger partial charge in [-0.3, -0.25) is 4.79 Å². The van der Waals surface area contributed by atoms with Crippen LogP contribution in [0.1, 0.15) is 42.3 Å². The second-order valence-electron chi connectivity index (χ2n) is 9.34. The molecular weight excluding hydrogens is 450 g/mol. The van der Waals surface area contributed by atoms with Gasteiger partial charge < -0.3 is 19.4 Å². The van der Waals surface area contributed by atoms with Crippen LogP contribution in [0.4, 0.5) is 0 Å². The summed E-state index contributed by atoms with van der Waals surface area (Å²) in [7, 11) is 1.63. The minimum Gasteiger partial charge on any atom is -0.497 e. The van der Waals surface area contributed by atoms with Crippen molar-refractivity contribution in [2.24, 2.45) is 0 Å². The van der Waals surface area contributed by atoms with Crippen molar-refractivity contribution in [3.63, 3.8) is 0 Å². The van der Waals surface area contributed by atoms with E-state index in [4.69, 9.17) is 14.5 Å². The average molecular weight is 486 g/mol. The lowest BCUT2D eigenvalue weighted by atomic mass is 10.0. The van der Waals surface area contributed by atoms with E-state index in [1.807, 2.05) is 42.5 Å². The van der Waals surface area contributed by atoms with Crippen LogP contribution in [0.25, 0.3) is 11.0 Å². The predicted octanol–water partition coefficient (Wildman–Crippen LogP) is 5.46. The molecule has 4 aromatic rings. The smallest absolute Gasteiger partial charge is 0.224 e. The summed E-state index contributed by atoms with van der Waals surface area (Å²) < 4.78 is 13.6. The van der Waals surface area contributed by atoms with E-state index in [-0.39, 0.29) is 5.91 Å². The minimum absolute atomic E-state index is 0.00757. The first-order valence-corrected chi connectivity index (χ1v) is 12.5. The molecule has 0 aliphatic rings. The first-order valence-electron chi connectivity index (χ1n) is 12.5. The second kappa shape index (κ2) is 11.8. The van der Waals surface area contributed by atoms with Crippen molar-refractivity contribution in [3.8, 4) is 11.5 Å². The monoisotopic (exact) mass is 485 g/mol. The molecule has 4 rings (SSSR count). The third kappa shape index (κ3) is 6.25. The first kappa shape index (κ1) is 25.3. The molecule has 0 saturated heterocycles. The number of imidazole rings is 1. The highest BCUT2D eigenvalue weighted by Crippen LogP contribution is 2.27. The van der Waals surface area contributed by atoms with E-state index in [0.29, 0.717) is 38.5 Å². The normalized spacial score (nSPS) is 11.1. The lowest BCUT2D eigenvalue weighted by molar-refractivity contribution is -0.120. The van der Waals surface area contributed by atoms with Crippen LogP contribution in [-0.2, 0) is 24.2 Å². The molecule has 3 aromatic carbocycles. The zero-order valence-corrected chi connectivity index (χ0v) is 21.6. The Balaban J connectivity index is 1.39. The van der Waals surface area contributed by atoms with Crippen molar-refractivity contribution >= 4 is 16.9 Å². The summed E-state index contributed by atoms with van der Waals surface area (Å²) in [5.41, 5.74) is 5.39. The van der Waals surface area contributed by atoms with Crippen molar-refractivity contribution in [1.82, 2.24) is 14.9 Å². The molecule has 0 aliphatic carbocycles. The molecule has 36 heavy (non-hydrogen) atoms. The fourth-order valence-corrected chi connectivity index (χ4v) is 4.36. The lowest BCUT2D eigenvalue weighted by Crippen LogP contribution is -2.28. The van der Waals surface area contributed by atoms with Gasteiger partial charge in [-0.15, -0.1) is 0 Å². The van der Waals surface area contributed by atoms with Crippen LogP contribution in [0.2, 0.25) is 0 Å². The Hall–Kier alpha value is -3.80. The van der Waals surface area contributed by atoms with Crippen LogP contribution in [0.15, 0.2) is 66.7 Å². The van der Waals surface area contributed by atoms with Crippen molar-refractivity contribution in [3.05, 3.63) is 89.2 Å². The summed E-state index contributed by atoms with van der Waals surface area (Å²) in [6.07, 6.45) is 0.980. The highest BCUT2D eigenvalue weighted by molar-refractivity contribution is 5.78. The molecule has 6 nitrogen and oxygen atoms in total. The van der Waals surface area contributed by atoms with Gasteiger partial charge in [0.1, 0.15) is 23.9 Å². The number of hydrogen-bond donors (Lipinski definition) is 1. The summed E-state index contributed by atoms with van der Waals surface area (Å²) in [5, 5.41) is 3.03. The molecule has 0 radical (unpaired) electrons. The van der Waals surface area contributed by atoms with Crippen LogP contribution in [0, 0.1) is 6.92 Å². The van der Waals surface area contributed by atoms with Crippen LogP contribution < -0.4 is 14.8 Å². The van der Waals surface area contributed by atoms with Gasteiger partial charge in [0.15, 0.2) is 0 Å². The number of nitrogens with zero attached hydrogens (tertiary/aromatic N) is 2. The molecule has 0 aliphatic heterocycles. The Morgan fingerprint density at radius 1 is 1.06 bits per heavy atom. The fourth-order valence-electron chi connectivity index (χ4n) is 4.36. The minimum atomic E-state index is -0.00757. The van der Waals surface area contributed by atoms with Gasteiger partial charge in [-0.25, -0.2) is 4.98 Å². The number of para-hydroxylation sites is 2. The SMILES string of the molecule is COc1ccc(CC(=O)NCCc2nc3ccccc3n2CCOc2cc(C)ccc2C(C)C)cc1. The van der Waals surface area contributed by atoms with E-state index < -0.39 is 0 Å². The number of benzene rings is 3. The van der Waals surface area contributed by atoms with E-state index >= 15 is 0 Å². The number of methoxy groups -OCH3 is 1. The number of carbonyl (C=O) groups excluding carboxylic acids is 1. The number of rotatable bonds is 11. The third-order valence-electron chi connectivity index (χ3n) is 6.29. The van der Waals surface area contributed by atoms with Gasteiger partial charge in [-0.2, -0.15) is 0 Å². The van der Waals surface area contributed by atoms with E-state index in [2.05, 4.69) is 54.9 Å². The number of hydrogen-bond acceptors (Lipinski definition) is 4. The zero-order chi connectivity index (χ0) is 25.5. The second-order valence-corrected chi connectivity index (χ2v) is 9.34. The van der Waals surface area contributed by atoms with E-state index in [1.165, 1.54) is 11.1 Å². The third-order valence-corrected chi connectivity index (χ3v) is 6.29. The van der Waals surface area contributed by atoms with Gasteiger partial charge in [0.05, 0.1) is 31.1 Å². The Morgan fingerprint density at radius 3 is 2.58 bits per heavy atom. The Labute approximate surface area is 213 Å². The first-order chi connectivity index (χ1) is 17.4. The fraction of sp³-hybridized carbons (Fsp3) is 0.333. The number of aromatic nitrogens is 2. The highest BCUT2D eigenvalue weighted by atomic mass is 16.5. The molecular formula is C30H35N3O3. The van der Waals surface area contributed by atoms with E-state index in [0.717, 1.165) is 33.9 Å². The molecule has 1 amide bonds. The number of ether oxygens (including phenoxy) is 2. The summed E-state index contributed by atoms with van der Waals surface area (Å²) in [4.78, 5) is 17.3. The van der Waals surface area contributed by atoms with Gasteiger partial charge in [-0.05, 0) is 59.9 Å².